The van der Waals surface area contributed by atoms with E-state index in [0.29, 0.717) is 39.9 Å². The van der Waals surface area contributed by atoms with Gasteiger partial charge in [-0.25, -0.2) is 0 Å². The van der Waals surface area contributed by atoms with Gasteiger partial charge in [-0.15, -0.1) is 0 Å². The summed E-state index contributed by atoms with van der Waals surface area (Å²) >= 11 is 0. The highest BCUT2D eigenvalue weighted by atomic mass is 16.5. The van der Waals surface area contributed by atoms with Crippen molar-refractivity contribution >= 4 is 5.97 Å². The van der Waals surface area contributed by atoms with Gasteiger partial charge >= 0.3 is 5.97 Å². The molecule has 200 valence electrons. The number of allylic oxidation sites excluding steroid dienone is 2. The fourth-order valence-electron chi connectivity index (χ4n) is 10.7. The average Bonchev–Trinajstić information content (AvgIpc) is 3.09. The van der Waals surface area contributed by atoms with Crippen molar-refractivity contribution in [2.75, 3.05) is 0 Å². The summed E-state index contributed by atoms with van der Waals surface area (Å²) in [4.78, 5) is 11.9. The van der Waals surface area contributed by atoms with Crippen LogP contribution in [0.3, 0.4) is 0 Å². The summed E-state index contributed by atoms with van der Waals surface area (Å²) in [7, 11) is 0. The van der Waals surface area contributed by atoms with Gasteiger partial charge in [0.2, 0.25) is 0 Å². The molecule has 1 N–H and O–H groups in total. The maximum absolute atomic E-state index is 11.9. The average molecular weight is 487 g/mol. The van der Waals surface area contributed by atoms with Gasteiger partial charge in [-0.2, -0.15) is 0 Å². The molecule has 0 saturated heterocycles. The van der Waals surface area contributed by atoms with E-state index >= 15 is 0 Å². The summed E-state index contributed by atoms with van der Waals surface area (Å²) in [6, 6.07) is 0. The second-order valence-electron chi connectivity index (χ2n) is 14.9. The molecule has 3 nitrogen and oxygen atoms in total. The zero-order valence-corrected chi connectivity index (χ0v) is 24.3. The second kappa shape index (κ2) is 8.88. The molecule has 4 aliphatic carbocycles. The Hall–Kier alpha value is -0.830. The number of esters is 1. The van der Waals surface area contributed by atoms with Crippen LogP contribution in [-0.4, -0.2) is 22.8 Å². The first-order chi connectivity index (χ1) is 16.1. The Balaban J connectivity index is 1.60. The van der Waals surface area contributed by atoms with E-state index in [-0.39, 0.29) is 17.5 Å². The first-order valence-electron chi connectivity index (χ1n) is 14.6. The van der Waals surface area contributed by atoms with Crippen molar-refractivity contribution < 1.29 is 14.6 Å². The lowest BCUT2D eigenvalue weighted by Gasteiger charge is -2.70. The summed E-state index contributed by atoms with van der Waals surface area (Å²) in [5.74, 6) is 2.21. The van der Waals surface area contributed by atoms with Crippen LogP contribution in [0.5, 0.6) is 0 Å². The number of rotatable bonds is 5. The molecule has 9 atom stereocenters. The van der Waals surface area contributed by atoms with Crippen LogP contribution in [-0.2, 0) is 9.53 Å². The Kier molecular flexibility index (Phi) is 6.91. The van der Waals surface area contributed by atoms with E-state index in [1.807, 2.05) is 0 Å². The van der Waals surface area contributed by atoms with Crippen LogP contribution in [0.4, 0.5) is 0 Å². The van der Waals surface area contributed by atoms with Gasteiger partial charge in [0.15, 0.2) is 0 Å². The van der Waals surface area contributed by atoms with Crippen molar-refractivity contribution in [3.05, 3.63) is 11.6 Å². The predicted octanol–water partition coefficient (Wildman–Crippen LogP) is 8.10. The third-order valence-electron chi connectivity index (χ3n) is 12.6. The Morgan fingerprint density at radius 1 is 0.914 bits per heavy atom. The summed E-state index contributed by atoms with van der Waals surface area (Å²) in [5, 5.41) is 11.7. The summed E-state index contributed by atoms with van der Waals surface area (Å²) in [6.45, 7) is 20.6. The first-order valence-corrected chi connectivity index (χ1v) is 14.6. The quantitative estimate of drug-likeness (QED) is 0.315. The number of fused-ring (bicyclic) bond motifs is 5. The molecule has 0 aliphatic heterocycles. The summed E-state index contributed by atoms with van der Waals surface area (Å²) in [5.41, 5.74) is 1.70. The fraction of sp³-hybridized carbons (Fsp3) is 0.906. The van der Waals surface area contributed by atoms with E-state index in [9.17, 15) is 9.90 Å². The van der Waals surface area contributed by atoms with Crippen LogP contribution in [0.15, 0.2) is 11.6 Å². The molecule has 4 saturated carbocycles. The van der Waals surface area contributed by atoms with Crippen LogP contribution in [0.2, 0.25) is 0 Å². The molecule has 4 unspecified atom stereocenters. The highest BCUT2D eigenvalue weighted by molar-refractivity contribution is 5.66. The van der Waals surface area contributed by atoms with Crippen LogP contribution in [0, 0.1) is 45.3 Å². The lowest BCUT2D eigenvalue weighted by molar-refractivity contribution is -0.229. The number of hydrogen-bond acceptors (Lipinski definition) is 3. The van der Waals surface area contributed by atoms with Gasteiger partial charge in [-0.3, -0.25) is 4.79 Å². The van der Waals surface area contributed by atoms with Crippen LogP contribution in [0.1, 0.15) is 127 Å². The Morgan fingerprint density at radius 2 is 1.57 bits per heavy atom. The first kappa shape index (κ1) is 27.2. The molecular formula is C32H54O3. The monoisotopic (exact) mass is 486 g/mol. The van der Waals surface area contributed by atoms with E-state index < -0.39 is 5.60 Å². The molecule has 0 heterocycles. The zero-order valence-electron chi connectivity index (χ0n) is 24.3. The Morgan fingerprint density at radius 3 is 2.20 bits per heavy atom. The zero-order chi connectivity index (χ0) is 26.0. The van der Waals surface area contributed by atoms with Gasteiger partial charge in [0.1, 0.15) is 6.10 Å². The maximum Gasteiger partial charge on any atom is 0.302 e. The third-order valence-corrected chi connectivity index (χ3v) is 12.6. The minimum atomic E-state index is -0.581. The standard InChI is InChI=1S/C32H54O3/c1-21(2)11-10-17-32(9,34)24-14-19-30(7)23(24)12-13-26-29(6)18-16-27(35-22(3)33)28(4,5)25(29)15-20-31(26,30)8/h11,23-27,34H,10,12-20H2,1-9H3/t23?,24?,25?,26?,27-,29-,30+,31+,32-/m0/s1. The molecule has 4 rings (SSSR count). The molecule has 4 fully saturated rings. The van der Waals surface area contributed by atoms with Crippen LogP contribution in [0.25, 0.3) is 0 Å². The van der Waals surface area contributed by atoms with Crippen molar-refractivity contribution in [1.82, 2.24) is 0 Å². The molecule has 0 spiro atoms. The lowest BCUT2D eigenvalue weighted by atomic mass is 9.35. The number of carbonyl (C=O) groups is 1. The van der Waals surface area contributed by atoms with E-state index in [1.54, 1.807) is 6.92 Å². The Bertz CT molecular complexity index is 851. The number of carbonyl (C=O) groups excluding carboxylic acids is 1. The summed E-state index contributed by atoms with van der Waals surface area (Å²) in [6.07, 6.45) is 13.8. The van der Waals surface area contributed by atoms with Crippen LogP contribution >= 0.6 is 0 Å². The SMILES string of the molecule is CC(=O)O[C@H]1CC[C@@]2(C)C(CC[C@]3(C)C2CCC2C([C@@](C)(O)CCC=C(C)C)CC[C@]23C)C1(C)C. The minimum Gasteiger partial charge on any atom is -0.462 e. The van der Waals surface area contributed by atoms with E-state index in [4.69, 9.17) is 4.74 Å². The van der Waals surface area contributed by atoms with Crippen molar-refractivity contribution in [1.29, 1.82) is 0 Å². The normalized spacial score (nSPS) is 45.9. The largest absolute Gasteiger partial charge is 0.462 e. The van der Waals surface area contributed by atoms with Gasteiger partial charge in [0, 0.05) is 12.3 Å². The molecule has 3 heteroatoms. The molecule has 0 bridgehead atoms. The van der Waals surface area contributed by atoms with Crippen molar-refractivity contribution in [3.8, 4) is 0 Å². The van der Waals surface area contributed by atoms with E-state index in [0.717, 1.165) is 19.3 Å². The smallest absolute Gasteiger partial charge is 0.302 e. The highest BCUT2D eigenvalue weighted by Crippen LogP contribution is 2.75. The van der Waals surface area contributed by atoms with Gasteiger partial charge in [-0.1, -0.05) is 46.3 Å². The molecular weight excluding hydrogens is 432 g/mol. The van der Waals surface area contributed by atoms with Gasteiger partial charge in [0.25, 0.3) is 0 Å². The predicted molar refractivity (Wildman–Crippen MR) is 144 cm³/mol. The highest BCUT2D eigenvalue weighted by Gasteiger charge is 2.69. The molecule has 35 heavy (non-hydrogen) atoms. The molecule has 4 aliphatic rings. The molecule has 0 radical (unpaired) electrons. The molecule has 0 amide bonds. The second-order valence-corrected chi connectivity index (χ2v) is 14.9. The number of ether oxygens (including phenoxy) is 1. The number of aliphatic hydroxyl groups is 1. The van der Waals surface area contributed by atoms with Gasteiger partial charge in [-0.05, 0) is 125 Å². The molecule has 0 aromatic heterocycles. The minimum absolute atomic E-state index is 0.0184. The number of hydrogen-bond donors (Lipinski definition) is 1. The topological polar surface area (TPSA) is 46.5 Å². The van der Waals surface area contributed by atoms with Crippen molar-refractivity contribution in [2.45, 2.75) is 138 Å². The fourth-order valence-corrected chi connectivity index (χ4v) is 10.7. The molecule has 0 aromatic rings. The van der Waals surface area contributed by atoms with E-state index in [2.05, 4.69) is 61.5 Å². The van der Waals surface area contributed by atoms with Crippen molar-refractivity contribution in [2.24, 2.45) is 45.3 Å². The van der Waals surface area contributed by atoms with E-state index in [1.165, 1.54) is 50.5 Å². The maximum atomic E-state index is 11.9. The van der Waals surface area contributed by atoms with Crippen molar-refractivity contribution in [3.63, 3.8) is 0 Å². The lowest BCUT2D eigenvalue weighted by Crippen LogP contribution is -2.64. The van der Waals surface area contributed by atoms with Gasteiger partial charge in [0.05, 0.1) is 5.60 Å². The third kappa shape index (κ3) is 4.15. The Labute approximate surface area is 215 Å². The summed E-state index contributed by atoms with van der Waals surface area (Å²) < 4.78 is 5.88. The van der Waals surface area contributed by atoms with Gasteiger partial charge < -0.3 is 9.84 Å². The molecule has 0 aromatic carbocycles. The van der Waals surface area contributed by atoms with Crippen LogP contribution < -0.4 is 0 Å².